The summed E-state index contributed by atoms with van der Waals surface area (Å²) in [5.74, 6) is 1.05. The Bertz CT molecular complexity index is 382. The maximum Gasteiger partial charge on any atom is 0.151 e. The number of nitrogens with zero attached hydrogens (tertiary/aromatic N) is 1. The molecule has 90 valence electrons. The van der Waals surface area contributed by atoms with Crippen molar-refractivity contribution in [1.29, 1.82) is 0 Å². The van der Waals surface area contributed by atoms with E-state index in [9.17, 15) is 0 Å². The summed E-state index contributed by atoms with van der Waals surface area (Å²) >= 11 is 0. The Hall–Kier alpha value is -0.990. The first kappa shape index (κ1) is 11.5. The molecule has 1 aliphatic rings. The van der Waals surface area contributed by atoms with E-state index in [1.165, 1.54) is 24.1 Å². The molecule has 2 N–H and O–H groups in total. The van der Waals surface area contributed by atoms with Gasteiger partial charge < -0.3 is 5.32 Å². The van der Waals surface area contributed by atoms with Crippen LogP contribution in [0.25, 0.3) is 0 Å². The van der Waals surface area contributed by atoms with Crippen LogP contribution in [0.1, 0.15) is 58.7 Å². The molecule has 1 aromatic heterocycles. The minimum absolute atomic E-state index is 0.0740. The summed E-state index contributed by atoms with van der Waals surface area (Å²) in [6.45, 7) is 11.1. The van der Waals surface area contributed by atoms with E-state index in [0.29, 0.717) is 0 Å². The summed E-state index contributed by atoms with van der Waals surface area (Å²) in [5.41, 5.74) is 3.04. The van der Waals surface area contributed by atoms with Crippen LogP contribution in [0.2, 0.25) is 0 Å². The van der Waals surface area contributed by atoms with Crippen LogP contribution in [0, 0.1) is 0 Å². The predicted molar refractivity (Wildman–Crippen MR) is 67.9 cm³/mol. The number of hydrogen-bond donors (Lipinski definition) is 2. The van der Waals surface area contributed by atoms with Gasteiger partial charge in [0.05, 0.1) is 0 Å². The molecule has 3 nitrogen and oxygen atoms in total. The fraction of sp³-hybridized carbons (Fsp3) is 0.769. The van der Waals surface area contributed by atoms with Gasteiger partial charge in [-0.2, -0.15) is 5.10 Å². The molecule has 0 saturated heterocycles. The van der Waals surface area contributed by atoms with Crippen molar-refractivity contribution in [2.24, 2.45) is 0 Å². The molecule has 0 radical (unpaired) electrons. The average molecular weight is 221 g/mol. The van der Waals surface area contributed by atoms with Gasteiger partial charge >= 0.3 is 0 Å². The van der Waals surface area contributed by atoms with Crippen LogP contribution in [-0.4, -0.2) is 15.7 Å². The lowest BCUT2D eigenvalue weighted by molar-refractivity contribution is 0.420. The normalized spacial score (nSPS) is 19.3. The third-order valence-electron chi connectivity index (χ3n) is 3.27. The van der Waals surface area contributed by atoms with Crippen LogP contribution < -0.4 is 5.32 Å². The molecule has 1 aromatic rings. The minimum Gasteiger partial charge on any atom is -0.364 e. The minimum atomic E-state index is 0.0740. The van der Waals surface area contributed by atoms with Gasteiger partial charge in [0.15, 0.2) is 5.82 Å². The molecule has 0 aromatic carbocycles. The molecule has 0 amide bonds. The molecule has 16 heavy (non-hydrogen) atoms. The number of hydrogen-bond acceptors (Lipinski definition) is 2. The topological polar surface area (TPSA) is 40.7 Å². The van der Waals surface area contributed by atoms with Crippen molar-refractivity contribution in [2.45, 2.75) is 64.8 Å². The second kappa shape index (κ2) is 3.51. The second-order valence-corrected chi connectivity index (χ2v) is 6.54. The highest BCUT2D eigenvalue weighted by atomic mass is 15.2. The number of nitrogens with one attached hydrogen (secondary N) is 2. The fourth-order valence-electron chi connectivity index (χ4n) is 2.46. The standard InChI is InChI=1S/C13H23N3/c1-12(2,3)14-11-9-7-6-8-13(4,5)10(9)15-16-11/h6-8H2,1-5H3,(H2,14,15,16). The third kappa shape index (κ3) is 2.08. The summed E-state index contributed by atoms with van der Waals surface area (Å²) in [6.07, 6.45) is 3.66. The third-order valence-corrected chi connectivity index (χ3v) is 3.27. The maximum atomic E-state index is 4.44. The molecule has 0 saturated carbocycles. The Morgan fingerprint density at radius 2 is 2.00 bits per heavy atom. The van der Waals surface area contributed by atoms with Gasteiger partial charge in [0.2, 0.25) is 0 Å². The average Bonchev–Trinajstić information content (AvgIpc) is 2.46. The van der Waals surface area contributed by atoms with E-state index in [1.807, 2.05) is 0 Å². The summed E-state index contributed by atoms with van der Waals surface area (Å²) in [6, 6.07) is 0. The first-order valence-electron chi connectivity index (χ1n) is 6.15. The Morgan fingerprint density at radius 3 is 2.62 bits per heavy atom. The molecule has 0 atom stereocenters. The molecule has 3 heteroatoms. The summed E-state index contributed by atoms with van der Waals surface area (Å²) in [5, 5.41) is 11.2. The van der Waals surface area contributed by atoms with Gasteiger partial charge in [-0.1, -0.05) is 13.8 Å². The molecular formula is C13H23N3. The SMILES string of the molecule is CC(C)(C)Nc1n[nH]c2c1CCCC2(C)C. The molecule has 2 rings (SSSR count). The van der Waals surface area contributed by atoms with Crippen molar-refractivity contribution in [3.63, 3.8) is 0 Å². The van der Waals surface area contributed by atoms with E-state index in [1.54, 1.807) is 0 Å². The van der Waals surface area contributed by atoms with Crippen molar-refractivity contribution < 1.29 is 0 Å². The Kier molecular flexibility index (Phi) is 2.52. The van der Waals surface area contributed by atoms with Crippen molar-refractivity contribution in [3.8, 4) is 0 Å². The van der Waals surface area contributed by atoms with Gasteiger partial charge in [-0.15, -0.1) is 0 Å². The lowest BCUT2D eigenvalue weighted by Crippen LogP contribution is -2.28. The Morgan fingerprint density at radius 1 is 1.31 bits per heavy atom. The number of fused-ring (bicyclic) bond motifs is 1. The van der Waals surface area contributed by atoms with E-state index >= 15 is 0 Å². The van der Waals surface area contributed by atoms with Crippen molar-refractivity contribution >= 4 is 5.82 Å². The number of anilines is 1. The largest absolute Gasteiger partial charge is 0.364 e. The van der Waals surface area contributed by atoms with E-state index < -0.39 is 0 Å². The maximum absolute atomic E-state index is 4.44. The molecule has 0 spiro atoms. The van der Waals surface area contributed by atoms with Crippen LogP contribution in [0.4, 0.5) is 5.82 Å². The highest BCUT2D eigenvalue weighted by molar-refractivity contribution is 5.51. The Labute approximate surface area is 98.0 Å². The molecule has 0 fully saturated rings. The van der Waals surface area contributed by atoms with E-state index in [0.717, 1.165) is 12.2 Å². The zero-order valence-electron chi connectivity index (χ0n) is 11.1. The van der Waals surface area contributed by atoms with Gasteiger partial charge in [0, 0.05) is 22.2 Å². The Balaban J connectivity index is 2.34. The molecule has 0 bridgehead atoms. The van der Waals surface area contributed by atoms with E-state index in [4.69, 9.17) is 0 Å². The van der Waals surface area contributed by atoms with Crippen molar-refractivity contribution in [2.75, 3.05) is 5.32 Å². The lowest BCUT2D eigenvalue weighted by atomic mass is 9.76. The van der Waals surface area contributed by atoms with Crippen LogP contribution in [0.15, 0.2) is 0 Å². The number of H-pyrrole nitrogens is 1. The lowest BCUT2D eigenvalue weighted by Gasteiger charge is -2.30. The second-order valence-electron chi connectivity index (χ2n) is 6.54. The van der Waals surface area contributed by atoms with Gasteiger partial charge in [-0.05, 0) is 40.0 Å². The summed E-state index contributed by atoms with van der Waals surface area (Å²) in [7, 11) is 0. The fourth-order valence-corrected chi connectivity index (χ4v) is 2.46. The van der Waals surface area contributed by atoms with E-state index in [2.05, 4.69) is 50.1 Å². The first-order valence-corrected chi connectivity index (χ1v) is 6.15. The van der Waals surface area contributed by atoms with Gasteiger partial charge in [0.25, 0.3) is 0 Å². The van der Waals surface area contributed by atoms with Crippen LogP contribution in [-0.2, 0) is 11.8 Å². The van der Waals surface area contributed by atoms with Gasteiger partial charge in [-0.25, -0.2) is 0 Å². The quantitative estimate of drug-likeness (QED) is 0.764. The van der Waals surface area contributed by atoms with Crippen molar-refractivity contribution in [1.82, 2.24) is 10.2 Å². The molecular weight excluding hydrogens is 198 g/mol. The number of rotatable bonds is 1. The predicted octanol–water partition coefficient (Wildman–Crippen LogP) is 3.23. The molecule has 0 aliphatic heterocycles. The highest BCUT2D eigenvalue weighted by Crippen LogP contribution is 2.38. The zero-order valence-corrected chi connectivity index (χ0v) is 11.1. The summed E-state index contributed by atoms with van der Waals surface area (Å²) in [4.78, 5) is 0. The number of aromatic amines is 1. The van der Waals surface area contributed by atoms with Gasteiger partial charge in [0.1, 0.15) is 0 Å². The highest BCUT2D eigenvalue weighted by Gasteiger charge is 2.32. The van der Waals surface area contributed by atoms with Crippen molar-refractivity contribution in [3.05, 3.63) is 11.3 Å². The van der Waals surface area contributed by atoms with E-state index in [-0.39, 0.29) is 11.0 Å². The summed E-state index contributed by atoms with van der Waals surface area (Å²) < 4.78 is 0. The molecule has 1 heterocycles. The van der Waals surface area contributed by atoms with Crippen LogP contribution in [0.3, 0.4) is 0 Å². The molecule has 1 aliphatic carbocycles. The molecule has 0 unspecified atom stereocenters. The number of aromatic nitrogens is 2. The zero-order chi connectivity index (χ0) is 12.0. The smallest absolute Gasteiger partial charge is 0.151 e. The monoisotopic (exact) mass is 221 g/mol. The van der Waals surface area contributed by atoms with Gasteiger partial charge in [-0.3, -0.25) is 5.10 Å². The van der Waals surface area contributed by atoms with Crippen LogP contribution >= 0.6 is 0 Å². The first-order chi connectivity index (χ1) is 7.30. The van der Waals surface area contributed by atoms with Crippen LogP contribution in [0.5, 0.6) is 0 Å².